The molecule has 1 fully saturated rings. The van der Waals surface area contributed by atoms with Gasteiger partial charge in [-0.2, -0.15) is 5.26 Å². The van der Waals surface area contributed by atoms with Crippen LogP contribution in [0.25, 0.3) is 0 Å². The second kappa shape index (κ2) is 7.92. The van der Waals surface area contributed by atoms with E-state index in [1.807, 2.05) is 6.07 Å². The summed E-state index contributed by atoms with van der Waals surface area (Å²) in [5, 5.41) is 9.07. The van der Waals surface area contributed by atoms with Crippen LogP contribution in [0.3, 0.4) is 0 Å². The number of piperidine rings is 1. The number of methoxy groups -OCH3 is 1. The molecule has 1 heterocycles. The van der Waals surface area contributed by atoms with E-state index in [0.717, 1.165) is 31.6 Å². The molecule has 0 unspecified atom stereocenters. The van der Waals surface area contributed by atoms with Crippen LogP contribution in [0, 0.1) is 11.3 Å². The Hall–Kier alpha value is -1.90. The molecule has 0 N–H and O–H groups in total. The lowest BCUT2D eigenvalue weighted by Crippen LogP contribution is -2.38. The first kappa shape index (κ1) is 16.5. The van der Waals surface area contributed by atoms with E-state index in [4.69, 9.17) is 14.7 Å². The number of nitrogens with zero attached hydrogens (tertiary/aromatic N) is 2. The molecule has 1 aliphatic rings. The van der Waals surface area contributed by atoms with Crippen molar-refractivity contribution in [2.45, 2.75) is 25.9 Å². The highest BCUT2D eigenvalue weighted by Crippen LogP contribution is 2.27. The van der Waals surface area contributed by atoms with Crippen LogP contribution < -0.4 is 4.90 Å². The lowest BCUT2D eigenvalue weighted by atomic mass is 10.0. The summed E-state index contributed by atoms with van der Waals surface area (Å²) in [5.74, 6) is 0.0259. The highest BCUT2D eigenvalue weighted by Gasteiger charge is 2.22. The molecule has 0 saturated carbocycles. The summed E-state index contributed by atoms with van der Waals surface area (Å²) in [5.41, 5.74) is 2.12. The van der Waals surface area contributed by atoms with Crippen LogP contribution in [-0.4, -0.2) is 45.3 Å². The predicted molar refractivity (Wildman–Crippen MR) is 84.2 cm³/mol. The Morgan fingerprint density at radius 1 is 1.36 bits per heavy atom. The monoisotopic (exact) mass is 302 g/mol. The summed E-state index contributed by atoms with van der Waals surface area (Å²) in [6.45, 7) is 4.44. The number of carbonyl (C=O) groups excluding carboxylic acids is 1. The van der Waals surface area contributed by atoms with Gasteiger partial charge in [0, 0.05) is 31.5 Å². The summed E-state index contributed by atoms with van der Waals surface area (Å²) < 4.78 is 10.7. The third kappa shape index (κ3) is 4.06. The molecule has 0 aromatic heterocycles. The maximum Gasteiger partial charge on any atom is 0.161 e. The molecule has 2 rings (SSSR count). The SMILES string of the molecule is COCCOC1CCN(c2cc(C#N)ccc2C(C)=O)CC1. The Bertz CT molecular complexity index is 558. The van der Waals surface area contributed by atoms with Gasteiger partial charge < -0.3 is 14.4 Å². The van der Waals surface area contributed by atoms with Crippen LogP contribution in [-0.2, 0) is 9.47 Å². The van der Waals surface area contributed by atoms with Crippen LogP contribution in [0.5, 0.6) is 0 Å². The summed E-state index contributed by atoms with van der Waals surface area (Å²) >= 11 is 0. The fraction of sp³-hybridized carbons (Fsp3) is 0.529. The zero-order chi connectivity index (χ0) is 15.9. The Morgan fingerprint density at radius 2 is 2.09 bits per heavy atom. The van der Waals surface area contributed by atoms with Crippen molar-refractivity contribution in [1.29, 1.82) is 5.26 Å². The van der Waals surface area contributed by atoms with E-state index in [1.54, 1.807) is 26.2 Å². The molecular weight excluding hydrogens is 280 g/mol. The van der Waals surface area contributed by atoms with Gasteiger partial charge in [0.2, 0.25) is 0 Å². The van der Waals surface area contributed by atoms with E-state index in [0.29, 0.717) is 24.3 Å². The van der Waals surface area contributed by atoms with E-state index >= 15 is 0 Å². The smallest absolute Gasteiger partial charge is 0.161 e. The third-order valence-corrected chi connectivity index (χ3v) is 3.93. The van der Waals surface area contributed by atoms with Crippen LogP contribution in [0.15, 0.2) is 18.2 Å². The van der Waals surface area contributed by atoms with Gasteiger partial charge in [-0.15, -0.1) is 0 Å². The van der Waals surface area contributed by atoms with Gasteiger partial charge in [0.1, 0.15) is 0 Å². The molecule has 5 heteroatoms. The average Bonchev–Trinajstić information content (AvgIpc) is 2.55. The van der Waals surface area contributed by atoms with Crippen LogP contribution in [0.1, 0.15) is 35.7 Å². The van der Waals surface area contributed by atoms with Crippen molar-refractivity contribution >= 4 is 11.5 Å². The third-order valence-electron chi connectivity index (χ3n) is 3.93. The van der Waals surface area contributed by atoms with E-state index in [9.17, 15) is 4.79 Å². The number of carbonyl (C=O) groups is 1. The second-order valence-corrected chi connectivity index (χ2v) is 5.45. The number of ketones is 1. The number of nitriles is 1. The van der Waals surface area contributed by atoms with Crippen LogP contribution in [0.4, 0.5) is 5.69 Å². The fourth-order valence-electron chi connectivity index (χ4n) is 2.72. The lowest BCUT2D eigenvalue weighted by Gasteiger charge is -2.34. The summed E-state index contributed by atoms with van der Waals surface area (Å²) in [4.78, 5) is 14.0. The number of benzene rings is 1. The standard InChI is InChI=1S/C17H22N2O3/c1-13(20)16-4-3-14(12-18)11-17(16)19-7-5-15(6-8-19)22-10-9-21-2/h3-4,11,15H,5-10H2,1-2H3. The minimum atomic E-state index is 0.0259. The molecule has 22 heavy (non-hydrogen) atoms. The molecule has 0 aliphatic carbocycles. The zero-order valence-corrected chi connectivity index (χ0v) is 13.2. The molecule has 1 aliphatic heterocycles. The van der Waals surface area contributed by atoms with Gasteiger partial charge in [-0.25, -0.2) is 0 Å². The van der Waals surface area contributed by atoms with Crippen molar-refractivity contribution < 1.29 is 14.3 Å². The number of rotatable bonds is 6. The van der Waals surface area contributed by atoms with Gasteiger partial charge in [-0.05, 0) is 38.0 Å². The summed E-state index contributed by atoms with van der Waals surface area (Å²) in [6.07, 6.45) is 2.07. The lowest BCUT2D eigenvalue weighted by molar-refractivity contribution is 0.00610. The molecule has 1 aromatic carbocycles. The molecule has 0 atom stereocenters. The maximum absolute atomic E-state index is 11.8. The van der Waals surface area contributed by atoms with Crippen molar-refractivity contribution in [2.75, 3.05) is 38.3 Å². The average molecular weight is 302 g/mol. The van der Waals surface area contributed by atoms with Gasteiger partial charge in [0.05, 0.1) is 31.0 Å². The molecule has 0 radical (unpaired) electrons. The molecular formula is C17H22N2O3. The zero-order valence-electron chi connectivity index (χ0n) is 13.2. The first-order valence-electron chi connectivity index (χ1n) is 7.56. The minimum absolute atomic E-state index is 0.0259. The molecule has 1 aromatic rings. The first-order valence-corrected chi connectivity index (χ1v) is 7.56. The topological polar surface area (TPSA) is 62.6 Å². The Kier molecular flexibility index (Phi) is 5.93. The first-order chi connectivity index (χ1) is 10.7. The maximum atomic E-state index is 11.8. The van der Waals surface area contributed by atoms with Gasteiger partial charge >= 0.3 is 0 Å². The van der Waals surface area contributed by atoms with Gasteiger partial charge in [0.25, 0.3) is 0 Å². The number of hydrogen-bond acceptors (Lipinski definition) is 5. The molecule has 0 spiro atoms. The van der Waals surface area contributed by atoms with Crippen molar-refractivity contribution in [3.8, 4) is 6.07 Å². The van der Waals surface area contributed by atoms with Gasteiger partial charge in [-0.3, -0.25) is 4.79 Å². The fourth-order valence-corrected chi connectivity index (χ4v) is 2.72. The van der Waals surface area contributed by atoms with Crippen molar-refractivity contribution in [2.24, 2.45) is 0 Å². The van der Waals surface area contributed by atoms with E-state index < -0.39 is 0 Å². The van der Waals surface area contributed by atoms with Crippen molar-refractivity contribution in [3.63, 3.8) is 0 Å². The predicted octanol–water partition coefficient (Wildman–Crippen LogP) is 2.39. The van der Waals surface area contributed by atoms with Gasteiger partial charge in [0.15, 0.2) is 5.78 Å². The van der Waals surface area contributed by atoms with E-state index in [1.165, 1.54) is 0 Å². The molecule has 118 valence electrons. The quantitative estimate of drug-likeness (QED) is 0.596. The number of anilines is 1. The minimum Gasteiger partial charge on any atom is -0.382 e. The number of Topliss-reactive ketones (excluding diaryl/α,β-unsaturated/α-hetero) is 1. The van der Waals surface area contributed by atoms with Crippen molar-refractivity contribution in [1.82, 2.24) is 0 Å². The van der Waals surface area contributed by atoms with Crippen LogP contribution in [0.2, 0.25) is 0 Å². The molecule has 1 saturated heterocycles. The van der Waals surface area contributed by atoms with E-state index in [2.05, 4.69) is 11.0 Å². The number of hydrogen-bond donors (Lipinski definition) is 0. The normalized spacial score (nSPS) is 15.6. The summed E-state index contributed by atoms with van der Waals surface area (Å²) in [6, 6.07) is 7.39. The number of ether oxygens (including phenoxy) is 2. The second-order valence-electron chi connectivity index (χ2n) is 5.45. The Morgan fingerprint density at radius 3 is 2.68 bits per heavy atom. The molecule has 0 amide bonds. The van der Waals surface area contributed by atoms with Crippen LogP contribution >= 0.6 is 0 Å². The van der Waals surface area contributed by atoms with Crippen molar-refractivity contribution in [3.05, 3.63) is 29.3 Å². The largest absolute Gasteiger partial charge is 0.382 e. The molecule has 5 nitrogen and oxygen atoms in total. The van der Waals surface area contributed by atoms with E-state index in [-0.39, 0.29) is 11.9 Å². The highest BCUT2D eigenvalue weighted by molar-refractivity contribution is 6.00. The molecule has 0 bridgehead atoms. The Labute approximate surface area is 131 Å². The summed E-state index contributed by atoms with van der Waals surface area (Å²) in [7, 11) is 1.66. The van der Waals surface area contributed by atoms with Gasteiger partial charge in [-0.1, -0.05) is 0 Å². The highest BCUT2D eigenvalue weighted by atomic mass is 16.5. The Balaban J connectivity index is 2.04.